The van der Waals surface area contributed by atoms with E-state index in [2.05, 4.69) is 24.5 Å². The molecule has 2 N–H and O–H groups in total. The highest BCUT2D eigenvalue weighted by Gasteiger charge is 2.37. The van der Waals surface area contributed by atoms with Gasteiger partial charge in [-0.15, -0.1) is 0 Å². The number of hydrogen-bond donors (Lipinski definition) is 2. The van der Waals surface area contributed by atoms with E-state index in [0.29, 0.717) is 0 Å². The van der Waals surface area contributed by atoms with Gasteiger partial charge in [0.05, 0.1) is 6.54 Å². The zero-order valence-electron chi connectivity index (χ0n) is 12.7. The Kier molecular flexibility index (Phi) is 5.02. The first kappa shape index (κ1) is 15.3. The van der Waals surface area contributed by atoms with Crippen molar-refractivity contribution < 1.29 is 9.59 Å². The molecule has 2 rings (SSSR count). The molecule has 5 nitrogen and oxygen atoms in total. The molecule has 0 aromatic carbocycles. The maximum atomic E-state index is 12.3. The third-order valence-electron chi connectivity index (χ3n) is 4.71. The molecule has 2 fully saturated rings. The minimum atomic E-state index is 0.0356. The number of carbonyl (C=O) groups is 2. The third-order valence-corrected chi connectivity index (χ3v) is 4.71. The average Bonchev–Trinajstić information content (AvgIpc) is 2.45. The summed E-state index contributed by atoms with van der Waals surface area (Å²) < 4.78 is 0. The molecule has 1 heterocycles. The first-order valence-corrected chi connectivity index (χ1v) is 7.77. The fourth-order valence-electron chi connectivity index (χ4n) is 3.29. The largest absolute Gasteiger partial charge is 0.347 e. The molecular formula is C15H27N3O2. The molecule has 1 aliphatic heterocycles. The van der Waals surface area contributed by atoms with E-state index in [-0.39, 0.29) is 29.7 Å². The molecule has 1 atom stereocenters. The Hall–Kier alpha value is -1.10. The zero-order chi connectivity index (χ0) is 14.6. The number of amides is 2. The maximum absolute atomic E-state index is 12.3. The lowest BCUT2D eigenvalue weighted by molar-refractivity contribution is -0.136. The van der Waals surface area contributed by atoms with E-state index >= 15 is 0 Å². The summed E-state index contributed by atoms with van der Waals surface area (Å²) in [7, 11) is 0. The molecule has 0 spiro atoms. The Labute approximate surface area is 121 Å². The second kappa shape index (κ2) is 6.57. The molecule has 0 aromatic heterocycles. The summed E-state index contributed by atoms with van der Waals surface area (Å²) in [5.41, 5.74) is 0.0560. The van der Waals surface area contributed by atoms with Gasteiger partial charge < -0.3 is 15.5 Å². The van der Waals surface area contributed by atoms with Crippen molar-refractivity contribution in [3.05, 3.63) is 0 Å². The SMILES string of the molecule is CC1(C)CCCCC1C(=O)NCC(=O)N1CCNCC1. The summed E-state index contributed by atoms with van der Waals surface area (Å²) in [5.74, 6) is 0.138. The van der Waals surface area contributed by atoms with Crippen molar-refractivity contribution >= 4 is 11.8 Å². The summed E-state index contributed by atoms with van der Waals surface area (Å²) in [6, 6.07) is 0. The predicted molar refractivity (Wildman–Crippen MR) is 78.2 cm³/mol. The number of nitrogens with one attached hydrogen (secondary N) is 2. The highest BCUT2D eigenvalue weighted by atomic mass is 16.2. The highest BCUT2D eigenvalue weighted by Crippen LogP contribution is 2.40. The molecule has 1 saturated heterocycles. The summed E-state index contributed by atoms with van der Waals surface area (Å²) in [6.45, 7) is 7.63. The lowest BCUT2D eigenvalue weighted by atomic mass is 9.68. The van der Waals surface area contributed by atoms with Crippen LogP contribution in [0.5, 0.6) is 0 Å². The minimum Gasteiger partial charge on any atom is -0.347 e. The Morgan fingerprint density at radius 3 is 2.60 bits per heavy atom. The van der Waals surface area contributed by atoms with Crippen molar-refractivity contribution in [1.82, 2.24) is 15.5 Å². The van der Waals surface area contributed by atoms with Crippen LogP contribution in [0.4, 0.5) is 0 Å². The molecule has 1 aliphatic carbocycles. The monoisotopic (exact) mass is 281 g/mol. The number of rotatable bonds is 3. The van der Waals surface area contributed by atoms with E-state index in [4.69, 9.17) is 0 Å². The summed E-state index contributed by atoms with van der Waals surface area (Å²) >= 11 is 0. The van der Waals surface area contributed by atoms with Gasteiger partial charge in [0, 0.05) is 32.1 Å². The van der Waals surface area contributed by atoms with Crippen LogP contribution in [0.25, 0.3) is 0 Å². The molecule has 114 valence electrons. The Bertz CT molecular complexity index is 362. The van der Waals surface area contributed by atoms with E-state index < -0.39 is 0 Å². The van der Waals surface area contributed by atoms with Crippen LogP contribution >= 0.6 is 0 Å². The van der Waals surface area contributed by atoms with Gasteiger partial charge in [-0.3, -0.25) is 9.59 Å². The van der Waals surface area contributed by atoms with Gasteiger partial charge in [-0.25, -0.2) is 0 Å². The van der Waals surface area contributed by atoms with Crippen molar-refractivity contribution in [3.8, 4) is 0 Å². The first-order chi connectivity index (χ1) is 9.50. The zero-order valence-corrected chi connectivity index (χ0v) is 12.7. The normalized spacial score (nSPS) is 26.1. The number of piperazine rings is 1. The summed E-state index contributed by atoms with van der Waals surface area (Å²) in [6.07, 6.45) is 4.36. The molecule has 1 unspecified atom stereocenters. The van der Waals surface area contributed by atoms with E-state index in [1.54, 1.807) is 0 Å². The van der Waals surface area contributed by atoms with E-state index in [9.17, 15) is 9.59 Å². The first-order valence-electron chi connectivity index (χ1n) is 7.77. The highest BCUT2D eigenvalue weighted by molar-refractivity contribution is 5.86. The lowest BCUT2D eigenvalue weighted by Gasteiger charge is -2.37. The smallest absolute Gasteiger partial charge is 0.242 e. The van der Waals surface area contributed by atoms with Gasteiger partial charge in [-0.05, 0) is 18.3 Å². The minimum absolute atomic E-state index is 0.0356. The van der Waals surface area contributed by atoms with E-state index in [0.717, 1.165) is 45.4 Å². The topological polar surface area (TPSA) is 61.4 Å². The Morgan fingerprint density at radius 1 is 1.25 bits per heavy atom. The standard InChI is InChI=1S/C15H27N3O2/c1-15(2)6-4-3-5-12(15)14(20)17-11-13(19)18-9-7-16-8-10-18/h12,16H,3-11H2,1-2H3,(H,17,20). The molecule has 5 heteroatoms. The van der Waals surface area contributed by atoms with Crippen LogP contribution in [-0.2, 0) is 9.59 Å². The fraction of sp³-hybridized carbons (Fsp3) is 0.867. The van der Waals surface area contributed by atoms with Gasteiger partial charge >= 0.3 is 0 Å². The molecule has 0 aromatic rings. The van der Waals surface area contributed by atoms with Gasteiger partial charge in [-0.1, -0.05) is 26.7 Å². The van der Waals surface area contributed by atoms with Gasteiger partial charge in [0.2, 0.25) is 11.8 Å². The molecular weight excluding hydrogens is 254 g/mol. The average molecular weight is 281 g/mol. The molecule has 2 aliphatic rings. The second-order valence-electron chi connectivity index (χ2n) is 6.64. The van der Waals surface area contributed by atoms with Crippen molar-refractivity contribution in [3.63, 3.8) is 0 Å². The van der Waals surface area contributed by atoms with Crippen LogP contribution in [0.2, 0.25) is 0 Å². The van der Waals surface area contributed by atoms with Crippen molar-refractivity contribution in [2.24, 2.45) is 11.3 Å². The van der Waals surface area contributed by atoms with E-state index in [1.807, 2.05) is 4.90 Å². The molecule has 20 heavy (non-hydrogen) atoms. The van der Waals surface area contributed by atoms with Crippen LogP contribution in [0.15, 0.2) is 0 Å². The molecule has 2 amide bonds. The van der Waals surface area contributed by atoms with Crippen LogP contribution < -0.4 is 10.6 Å². The summed E-state index contributed by atoms with van der Waals surface area (Å²) in [4.78, 5) is 26.2. The quantitative estimate of drug-likeness (QED) is 0.802. The van der Waals surface area contributed by atoms with Crippen LogP contribution in [0.1, 0.15) is 39.5 Å². The summed E-state index contributed by atoms with van der Waals surface area (Å²) in [5, 5.41) is 6.07. The third kappa shape index (κ3) is 3.72. The van der Waals surface area contributed by atoms with Crippen molar-refractivity contribution in [2.75, 3.05) is 32.7 Å². The lowest BCUT2D eigenvalue weighted by Crippen LogP contribution is -2.50. The maximum Gasteiger partial charge on any atom is 0.242 e. The van der Waals surface area contributed by atoms with Gasteiger partial charge in [0.25, 0.3) is 0 Å². The van der Waals surface area contributed by atoms with Crippen LogP contribution in [0.3, 0.4) is 0 Å². The van der Waals surface area contributed by atoms with Gasteiger partial charge in [-0.2, -0.15) is 0 Å². The Balaban J connectivity index is 1.80. The number of nitrogens with zero attached hydrogens (tertiary/aromatic N) is 1. The molecule has 0 bridgehead atoms. The number of carbonyl (C=O) groups excluding carboxylic acids is 2. The van der Waals surface area contributed by atoms with Crippen molar-refractivity contribution in [2.45, 2.75) is 39.5 Å². The fourth-order valence-corrected chi connectivity index (χ4v) is 3.29. The molecule has 1 saturated carbocycles. The molecule has 0 radical (unpaired) electrons. The van der Waals surface area contributed by atoms with Crippen molar-refractivity contribution in [1.29, 1.82) is 0 Å². The van der Waals surface area contributed by atoms with Crippen LogP contribution in [-0.4, -0.2) is 49.4 Å². The second-order valence-corrected chi connectivity index (χ2v) is 6.64. The van der Waals surface area contributed by atoms with Gasteiger partial charge in [0.1, 0.15) is 0 Å². The number of hydrogen-bond acceptors (Lipinski definition) is 3. The van der Waals surface area contributed by atoms with E-state index in [1.165, 1.54) is 6.42 Å². The van der Waals surface area contributed by atoms with Crippen LogP contribution in [0, 0.1) is 11.3 Å². The van der Waals surface area contributed by atoms with Gasteiger partial charge in [0.15, 0.2) is 0 Å². The Morgan fingerprint density at radius 2 is 1.95 bits per heavy atom. The predicted octanol–water partition coefficient (Wildman–Crippen LogP) is 0.751.